The molecule has 2 saturated heterocycles. The van der Waals surface area contributed by atoms with E-state index in [9.17, 15) is 8.78 Å². The molecule has 196 valence electrons. The molecule has 4 heterocycles. The minimum Gasteiger partial charge on any atom is -0.346 e. The number of hydrogen-bond donors (Lipinski definition) is 1. The van der Waals surface area contributed by atoms with E-state index in [1.807, 2.05) is 18.5 Å². The lowest BCUT2D eigenvalue weighted by atomic mass is 9.97. The van der Waals surface area contributed by atoms with Crippen LogP contribution < -0.4 is 10.2 Å². The molecule has 3 atom stereocenters. The fourth-order valence-electron chi connectivity index (χ4n) is 6.82. The highest BCUT2D eigenvalue weighted by Gasteiger charge is 2.64. The average Bonchev–Trinajstić information content (AvgIpc) is 3.31. The van der Waals surface area contributed by atoms with Crippen molar-refractivity contribution < 1.29 is 8.78 Å². The molecule has 2 aromatic carbocycles. The Labute approximate surface area is 221 Å². The fourth-order valence-corrected chi connectivity index (χ4v) is 6.82. The molecule has 0 amide bonds. The number of piperazine rings is 1. The van der Waals surface area contributed by atoms with Gasteiger partial charge >= 0.3 is 0 Å². The Bertz CT molecular complexity index is 1530. The first-order valence-corrected chi connectivity index (χ1v) is 13.6. The molecule has 0 radical (unpaired) electrons. The van der Waals surface area contributed by atoms with Crippen molar-refractivity contribution in [2.75, 3.05) is 37.6 Å². The van der Waals surface area contributed by atoms with Gasteiger partial charge in [-0.25, -0.2) is 18.3 Å². The van der Waals surface area contributed by atoms with Crippen LogP contribution in [0.15, 0.2) is 54.9 Å². The van der Waals surface area contributed by atoms with Gasteiger partial charge in [0.15, 0.2) is 5.65 Å². The Morgan fingerprint density at radius 1 is 1.03 bits per heavy atom. The minimum atomic E-state index is -0.518. The number of nitrogens with zero attached hydrogens (tertiary/aromatic N) is 5. The van der Waals surface area contributed by atoms with E-state index in [-0.39, 0.29) is 5.82 Å². The molecular formula is C30H32F2N6. The zero-order chi connectivity index (χ0) is 26.0. The maximum Gasteiger partial charge on any atom is 0.165 e. The van der Waals surface area contributed by atoms with Gasteiger partial charge in [-0.05, 0) is 73.6 Å². The van der Waals surface area contributed by atoms with E-state index in [4.69, 9.17) is 4.98 Å². The number of aromatic nitrogens is 3. The van der Waals surface area contributed by atoms with Gasteiger partial charge in [-0.2, -0.15) is 5.10 Å². The highest BCUT2D eigenvalue weighted by Crippen LogP contribution is 2.63. The number of hydrogen-bond acceptors (Lipinski definition) is 5. The van der Waals surface area contributed by atoms with Gasteiger partial charge < -0.3 is 10.2 Å². The number of piperidine rings is 1. The molecule has 0 spiro atoms. The van der Waals surface area contributed by atoms with Gasteiger partial charge in [0.25, 0.3) is 0 Å². The van der Waals surface area contributed by atoms with E-state index >= 15 is 0 Å². The number of nitrogens with one attached hydrogen (secondary N) is 1. The molecule has 8 heteroatoms. The summed E-state index contributed by atoms with van der Waals surface area (Å²) >= 11 is 0. The molecular weight excluding hydrogens is 482 g/mol. The van der Waals surface area contributed by atoms with Crippen LogP contribution in [0.5, 0.6) is 0 Å². The second-order valence-electron chi connectivity index (χ2n) is 11.0. The van der Waals surface area contributed by atoms with Crippen LogP contribution in [0.4, 0.5) is 14.6 Å². The lowest BCUT2D eigenvalue weighted by Crippen LogP contribution is -2.44. The molecule has 7 rings (SSSR count). The standard InChI is InChI=1S/C30H32F2N6/c1-19-15-21(20(2)36-13-9-33-10-14-36)3-5-24(19)25-18-34-38-12-8-28(35-29(25)38)37-11-7-22-17-30(22,37)26-16-23(31)4-6-27(26)32/h3-6,8,12,15-16,18,20,22,33H,7,9-11,13-14,17H2,1-2H3/t20?,22-,30+/m0/s1. The monoisotopic (exact) mass is 514 g/mol. The minimum absolute atomic E-state index is 0.314. The summed E-state index contributed by atoms with van der Waals surface area (Å²) in [6.07, 6.45) is 5.56. The van der Waals surface area contributed by atoms with Gasteiger partial charge in [-0.15, -0.1) is 0 Å². The van der Waals surface area contributed by atoms with Crippen LogP contribution in [-0.4, -0.2) is 52.2 Å². The number of fused-ring (bicyclic) bond motifs is 2. The molecule has 3 fully saturated rings. The molecule has 1 unspecified atom stereocenters. The highest BCUT2D eigenvalue weighted by atomic mass is 19.1. The summed E-state index contributed by atoms with van der Waals surface area (Å²) in [5, 5.41) is 8.00. The van der Waals surface area contributed by atoms with Gasteiger partial charge in [0.2, 0.25) is 0 Å². The summed E-state index contributed by atoms with van der Waals surface area (Å²) in [5.74, 6) is 0.343. The smallest absolute Gasteiger partial charge is 0.165 e. The molecule has 1 N–H and O–H groups in total. The summed E-state index contributed by atoms with van der Waals surface area (Å²) in [4.78, 5) is 9.76. The third kappa shape index (κ3) is 3.65. The Hall–Kier alpha value is -3.36. The van der Waals surface area contributed by atoms with Crippen LogP contribution in [0.1, 0.15) is 42.5 Å². The molecule has 1 aliphatic carbocycles. The molecule has 3 aliphatic rings. The van der Waals surface area contributed by atoms with Gasteiger partial charge in [0.05, 0.1) is 11.7 Å². The fraction of sp³-hybridized carbons (Fsp3) is 0.400. The Morgan fingerprint density at radius 2 is 1.87 bits per heavy atom. The first-order valence-electron chi connectivity index (χ1n) is 13.6. The van der Waals surface area contributed by atoms with E-state index in [0.717, 1.165) is 68.2 Å². The molecule has 2 aliphatic heterocycles. The molecule has 1 saturated carbocycles. The van der Waals surface area contributed by atoms with Crippen LogP contribution in [-0.2, 0) is 5.54 Å². The summed E-state index contributed by atoms with van der Waals surface area (Å²) in [6, 6.07) is 12.8. The van der Waals surface area contributed by atoms with Gasteiger partial charge in [0, 0.05) is 56.1 Å². The number of rotatable bonds is 5. The number of anilines is 1. The Balaban J connectivity index is 1.24. The van der Waals surface area contributed by atoms with Crippen molar-refractivity contribution in [1.29, 1.82) is 0 Å². The highest BCUT2D eigenvalue weighted by molar-refractivity contribution is 5.80. The molecule has 6 nitrogen and oxygen atoms in total. The van der Waals surface area contributed by atoms with Crippen molar-refractivity contribution in [3.8, 4) is 11.1 Å². The lowest BCUT2D eigenvalue weighted by Gasteiger charge is -2.33. The van der Waals surface area contributed by atoms with Crippen molar-refractivity contribution in [3.05, 3.63) is 83.2 Å². The van der Waals surface area contributed by atoms with Crippen molar-refractivity contribution in [3.63, 3.8) is 0 Å². The second kappa shape index (κ2) is 8.85. The van der Waals surface area contributed by atoms with Crippen molar-refractivity contribution >= 4 is 11.5 Å². The summed E-state index contributed by atoms with van der Waals surface area (Å²) in [6.45, 7) is 9.37. The van der Waals surface area contributed by atoms with Crippen molar-refractivity contribution in [1.82, 2.24) is 24.8 Å². The Morgan fingerprint density at radius 3 is 2.66 bits per heavy atom. The SMILES string of the molecule is Cc1cc(C(C)N2CCNCC2)ccc1-c1cnn2ccc(N3CC[C@H]4C[C@]43c3cc(F)ccc3F)nc12. The van der Waals surface area contributed by atoms with E-state index in [1.165, 1.54) is 29.3 Å². The average molecular weight is 515 g/mol. The zero-order valence-corrected chi connectivity index (χ0v) is 21.8. The number of halogens is 2. The topological polar surface area (TPSA) is 48.7 Å². The van der Waals surface area contributed by atoms with E-state index < -0.39 is 11.4 Å². The van der Waals surface area contributed by atoms with Crippen molar-refractivity contribution in [2.24, 2.45) is 5.92 Å². The lowest BCUT2D eigenvalue weighted by molar-refractivity contribution is 0.185. The van der Waals surface area contributed by atoms with E-state index in [0.29, 0.717) is 17.5 Å². The van der Waals surface area contributed by atoms with Gasteiger partial charge in [-0.3, -0.25) is 4.90 Å². The number of aryl methyl sites for hydroxylation is 1. The first-order chi connectivity index (χ1) is 18.5. The normalized spacial score (nSPS) is 24.1. The van der Waals surface area contributed by atoms with Gasteiger partial charge in [-0.1, -0.05) is 18.2 Å². The first kappa shape index (κ1) is 23.7. The molecule has 38 heavy (non-hydrogen) atoms. The zero-order valence-electron chi connectivity index (χ0n) is 21.8. The maximum atomic E-state index is 14.9. The second-order valence-corrected chi connectivity index (χ2v) is 11.0. The van der Waals surface area contributed by atoms with Crippen LogP contribution in [0.25, 0.3) is 16.8 Å². The molecule has 2 aromatic heterocycles. The Kier molecular flexibility index (Phi) is 5.53. The number of benzene rings is 2. The maximum absolute atomic E-state index is 14.9. The molecule has 0 bridgehead atoms. The van der Waals surface area contributed by atoms with Crippen LogP contribution in [0.2, 0.25) is 0 Å². The van der Waals surface area contributed by atoms with Crippen LogP contribution in [0, 0.1) is 24.5 Å². The third-order valence-corrected chi connectivity index (χ3v) is 9.00. The van der Waals surface area contributed by atoms with E-state index in [1.54, 1.807) is 4.52 Å². The quantitative estimate of drug-likeness (QED) is 0.403. The predicted molar refractivity (Wildman–Crippen MR) is 144 cm³/mol. The van der Waals surface area contributed by atoms with Crippen LogP contribution >= 0.6 is 0 Å². The predicted octanol–water partition coefficient (Wildman–Crippen LogP) is 5.07. The van der Waals surface area contributed by atoms with Crippen LogP contribution in [0.3, 0.4) is 0 Å². The van der Waals surface area contributed by atoms with Gasteiger partial charge in [0.1, 0.15) is 17.5 Å². The summed E-state index contributed by atoms with van der Waals surface area (Å²) < 4.78 is 30.8. The summed E-state index contributed by atoms with van der Waals surface area (Å²) in [7, 11) is 0. The third-order valence-electron chi connectivity index (χ3n) is 9.00. The summed E-state index contributed by atoms with van der Waals surface area (Å²) in [5.41, 5.74) is 5.28. The largest absolute Gasteiger partial charge is 0.346 e. The van der Waals surface area contributed by atoms with E-state index in [2.05, 4.69) is 52.3 Å². The van der Waals surface area contributed by atoms with Crippen molar-refractivity contribution in [2.45, 2.75) is 38.3 Å². The molecule has 4 aromatic rings.